The van der Waals surface area contributed by atoms with Crippen molar-refractivity contribution in [3.8, 4) is 12.1 Å². The fourth-order valence-electron chi connectivity index (χ4n) is 6.33. The minimum Gasteiger partial charge on any atom is -0.408 e. The maximum absolute atomic E-state index is 13.2. The zero-order valence-corrected chi connectivity index (χ0v) is 37.0. The topological polar surface area (TPSA) is 274 Å². The number of aliphatic hydroxyl groups is 1. The first-order valence-electron chi connectivity index (χ1n) is 18.8. The van der Waals surface area contributed by atoms with Gasteiger partial charge < -0.3 is 34.0 Å². The van der Waals surface area contributed by atoms with Crippen molar-refractivity contribution in [2.75, 3.05) is 37.0 Å². The van der Waals surface area contributed by atoms with Crippen LogP contribution in [0.25, 0.3) is 11.2 Å². The highest BCUT2D eigenvalue weighted by molar-refractivity contribution is 8.07. The van der Waals surface area contributed by atoms with Gasteiger partial charge in [0.05, 0.1) is 44.8 Å². The average molecular weight is 882 g/mol. The molecular weight excluding hydrogens is 831 g/mol. The summed E-state index contributed by atoms with van der Waals surface area (Å²) in [4.78, 5) is 42.7. The van der Waals surface area contributed by atoms with Gasteiger partial charge in [-0.2, -0.15) is 15.5 Å². The molecule has 1 saturated carbocycles. The third kappa shape index (κ3) is 11.1. The van der Waals surface area contributed by atoms with Crippen LogP contribution in [0.3, 0.4) is 0 Å². The summed E-state index contributed by atoms with van der Waals surface area (Å²) in [5.74, 6) is 0.250. The summed E-state index contributed by atoms with van der Waals surface area (Å²) in [5, 5.41) is 35.7. The molecule has 24 heteroatoms. The number of imidazole rings is 1. The van der Waals surface area contributed by atoms with Crippen molar-refractivity contribution in [1.29, 1.82) is 10.5 Å². The standard InChI is InChI=1S/C34H50N10O10P2SSi/c1-20(2)14-38-33-42-30-26(31(46)43-33)40-19-44(30)32-28(27(25(16-45)51-32)54-58(6,7)34(3,4)5)53-56(57,49-10-8-9-35)50-17-21-11-23(12-24(21)52-55(47)48)41-29-22(13-36)15-37-18-39-29/h15,18-21,23-25,27-28,32,45H,8,10-12,14,16-17H2,1-7H3,(H3-,37,38,39,41,42,43,46,47,48)/p+1/t21-,23-,24+,25-,27-,28-,32-,56-/m1/s1. The largest absolute Gasteiger partial charge is 0.695 e. The molecular formula is C34H51N10O10P2SSi+. The fourth-order valence-corrected chi connectivity index (χ4v) is 10.3. The van der Waals surface area contributed by atoms with Crippen LogP contribution in [0.1, 0.15) is 65.7 Å². The van der Waals surface area contributed by atoms with E-state index in [0.717, 1.165) is 0 Å². The molecule has 5 rings (SSSR count). The van der Waals surface area contributed by atoms with Crippen LogP contribution in [0.15, 0.2) is 23.6 Å². The Morgan fingerprint density at radius 1 is 1.22 bits per heavy atom. The summed E-state index contributed by atoms with van der Waals surface area (Å²) in [6.45, 7) is 10.2. The van der Waals surface area contributed by atoms with E-state index < -0.39 is 72.0 Å². The summed E-state index contributed by atoms with van der Waals surface area (Å²) in [6.07, 6.45) is -0.272. The van der Waals surface area contributed by atoms with Gasteiger partial charge in [-0.05, 0) is 48.7 Å². The van der Waals surface area contributed by atoms with Crippen molar-refractivity contribution >= 4 is 58.0 Å². The summed E-state index contributed by atoms with van der Waals surface area (Å²) in [5.41, 5.74) is -0.0565. The van der Waals surface area contributed by atoms with E-state index >= 15 is 0 Å². The first-order chi connectivity index (χ1) is 27.4. The lowest BCUT2D eigenvalue weighted by atomic mass is 10.1. The number of ether oxygens (including phenoxy) is 1. The number of hydrogen-bond acceptors (Lipinski definition) is 18. The Kier molecular flexibility index (Phi) is 15.3. The average Bonchev–Trinajstić information content (AvgIpc) is 3.84. The van der Waals surface area contributed by atoms with E-state index in [9.17, 15) is 29.9 Å². The molecule has 3 aromatic heterocycles. The van der Waals surface area contributed by atoms with E-state index in [1.807, 2.05) is 39.1 Å². The van der Waals surface area contributed by atoms with E-state index in [-0.39, 0.29) is 65.7 Å². The second kappa shape index (κ2) is 19.4. The summed E-state index contributed by atoms with van der Waals surface area (Å²) < 4.78 is 51.5. The number of nitrogens with one attached hydrogen (secondary N) is 3. The van der Waals surface area contributed by atoms with Crippen molar-refractivity contribution in [3.05, 3.63) is 34.8 Å². The molecule has 1 unspecified atom stereocenters. The molecule has 2 fully saturated rings. The van der Waals surface area contributed by atoms with Crippen molar-refractivity contribution in [2.45, 2.75) is 109 Å². The minimum absolute atomic E-state index is 0.0363. The Labute approximate surface area is 343 Å². The molecule has 20 nitrogen and oxygen atoms in total. The highest BCUT2D eigenvalue weighted by Gasteiger charge is 2.54. The molecule has 0 amide bonds. The summed E-state index contributed by atoms with van der Waals surface area (Å²) >= 11 is 6.05. The zero-order valence-electron chi connectivity index (χ0n) is 33.4. The van der Waals surface area contributed by atoms with Gasteiger partial charge in [-0.25, -0.2) is 15.0 Å². The van der Waals surface area contributed by atoms with E-state index in [4.69, 9.17) is 39.1 Å². The van der Waals surface area contributed by atoms with Gasteiger partial charge >= 0.3 is 15.0 Å². The van der Waals surface area contributed by atoms with Crippen molar-refractivity contribution in [3.63, 3.8) is 0 Å². The molecule has 0 bridgehead atoms. The van der Waals surface area contributed by atoms with Crippen molar-refractivity contribution in [2.24, 2.45) is 11.8 Å². The predicted octanol–water partition coefficient (Wildman–Crippen LogP) is 4.61. The monoisotopic (exact) mass is 881 g/mol. The van der Waals surface area contributed by atoms with Gasteiger partial charge in [-0.3, -0.25) is 18.9 Å². The Hall–Kier alpha value is -3.34. The fraction of sp³-hybridized carbons (Fsp3) is 0.676. The SMILES string of the molecule is CC(C)CNc1nc2c(ncn2[C@@H]2O[C@H](CO)[C@@H](O[Si](C)(C)C(C)(C)C)[C@H]2O[P@@](=S)(OCCC#N)OC[C@H]2C[C@@H](Nc3ncncc3C#N)C[C@@H]2O[P+](=O)O)c(=O)[nH]1. The van der Waals surface area contributed by atoms with Crippen LogP contribution in [0.2, 0.25) is 18.1 Å². The number of hydrogen-bond donors (Lipinski definition) is 5. The lowest BCUT2D eigenvalue weighted by Gasteiger charge is -2.41. The van der Waals surface area contributed by atoms with Crippen LogP contribution >= 0.6 is 15.0 Å². The maximum atomic E-state index is 13.2. The smallest absolute Gasteiger partial charge is 0.408 e. The molecule has 0 radical (unpaired) electrons. The van der Waals surface area contributed by atoms with Crippen LogP contribution in [0.4, 0.5) is 11.8 Å². The van der Waals surface area contributed by atoms with Gasteiger partial charge in [-0.1, -0.05) is 34.6 Å². The minimum atomic E-state index is -3.88. The lowest BCUT2D eigenvalue weighted by molar-refractivity contribution is -0.0502. The molecule has 1 saturated heterocycles. The molecule has 58 heavy (non-hydrogen) atoms. The van der Waals surface area contributed by atoms with Gasteiger partial charge in [-0.15, -0.1) is 9.42 Å². The number of fused-ring (bicyclic) bond motifs is 1. The number of nitriles is 2. The molecule has 5 N–H and O–H groups in total. The first-order valence-corrected chi connectivity index (χ1v) is 25.4. The molecule has 0 aromatic carbocycles. The molecule has 316 valence electrons. The second-order valence-corrected chi connectivity index (χ2v) is 24.4. The number of aromatic nitrogens is 6. The molecule has 2 aliphatic rings. The van der Waals surface area contributed by atoms with Crippen LogP contribution in [-0.4, -0.2) is 105 Å². The zero-order chi connectivity index (χ0) is 42.4. The summed E-state index contributed by atoms with van der Waals surface area (Å²) in [7, 11) is -5.62. The normalized spacial score (nSPS) is 25.0. The molecule has 9 atom stereocenters. The van der Waals surface area contributed by atoms with E-state index in [1.165, 1.54) is 23.4 Å². The van der Waals surface area contributed by atoms with Crippen molar-refractivity contribution < 1.29 is 41.8 Å². The molecule has 1 aliphatic heterocycles. The van der Waals surface area contributed by atoms with Crippen LogP contribution < -0.4 is 16.2 Å². The van der Waals surface area contributed by atoms with Gasteiger partial charge in [0.25, 0.3) is 5.56 Å². The Balaban J connectivity index is 1.51. The molecule has 0 spiro atoms. The first kappa shape index (κ1) is 45.7. The van der Waals surface area contributed by atoms with Crippen molar-refractivity contribution in [1.82, 2.24) is 29.5 Å². The van der Waals surface area contributed by atoms with Gasteiger partial charge in [0.15, 0.2) is 25.7 Å². The maximum Gasteiger partial charge on any atom is 0.695 e. The van der Waals surface area contributed by atoms with Crippen LogP contribution in [-0.2, 0) is 43.6 Å². The highest BCUT2D eigenvalue weighted by Crippen LogP contribution is 2.56. The van der Waals surface area contributed by atoms with Gasteiger partial charge in [0.2, 0.25) is 5.95 Å². The Morgan fingerprint density at radius 2 is 1.98 bits per heavy atom. The second-order valence-electron chi connectivity index (χ2n) is 16.0. The van der Waals surface area contributed by atoms with Crippen LogP contribution in [0, 0.1) is 34.5 Å². The number of aliphatic hydroxyl groups excluding tert-OH is 1. The van der Waals surface area contributed by atoms with Gasteiger partial charge in [0, 0.05) is 23.1 Å². The van der Waals surface area contributed by atoms with Crippen LogP contribution in [0.5, 0.6) is 0 Å². The number of rotatable bonds is 19. The van der Waals surface area contributed by atoms with E-state index in [2.05, 4.69) is 56.3 Å². The summed E-state index contributed by atoms with van der Waals surface area (Å²) in [6, 6.07) is 3.72. The molecule has 3 aromatic rings. The number of aromatic amines is 1. The predicted molar refractivity (Wildman–Crippen MR) is 217 cm³/mol. The van der Waals surface area contributed by atoms with E-state index in [0.29, 0.717) is 18.8 Å². The number of anilines is 2. The third-order valence-corrected chi connectivity index (χ3v) is 17.6. The Morgan fingerprint density at radius 3 is 2.64 bits per heavy atom. The lowest BCUT2D eigenvalue weighted by Crippen LogP contribution is -2.50. The third-order valence-electron chi connectivity index (χ3n) is 10.3. The quantitative estimate of drug-likeness (QED) is 0.0624. The molecule has 4 heterocycles. The highest BCUT2D eigenvalue weighted by atomic mass is 32.5. The van der Waals surface area contributed by atoms with E-state index in [1.54, 1.807) is 0 Å². The molecule has 1 aliphatic carbocycles. The number of H-pyrrole nitrogens is 1. The number of nitrogens with zero attached hydrogens (tertiary/aromatic N) is 7. The van der Waals surface area contributed by atoms with Gasteiger partial charge in [0.1, 0.15) is 48.2 Å². The Bertz CT molecular complexity index is 2110.